The smallest absolute Gasteiger partial charge is 0.255 e. The molecular formula is C14H17IN2O. The zero-order chi connectivity index (χ0) is 12.5. The standard InChI is InChI=1S/C14H17IN2O/c15-13-4-2-1-3-12(13)14(18)17-10-5-6-11(17)9-16-8-7-10/h1-4,10-11,16H,5-9H2. The van der Waals surface area contributed by atoms with Gasteiger partial charge in [-0.2, -0.15) is 0 Å². The van der Waals surface area contributed by atoms with E-state index in [1.165, 1.54) is 6.42 Å². The highest BCUT2D eigenvalue weighted by Gasteiger charge is 2.38. The number of halogens is 1. The van der Waals surface area contributed by atoms with Crippen LogP contribution in [0.2, 0.25) is 0 Å². The summed E-state index contributed by atoms with van der Waals surface area (Å²) in [6, 6.07) is 8.72. The molecule has 1 aromatic carbocycles. The number of benzene rings is 1. The fourth-order valence-corrected chi connectivity index (χ4v) is 3.71. The van der Waals surface area contributed by atoms with Crippen LogP contribution in [0.25, 0.3) is 0 Å². The molecule has 3 rings (SSSR count). The molecule has 1 aromatic rings. The Balaban J connectivity index is 1.90. The second-order valence-corrected chi connectivity index (χ2v) is 6.23. The van der Waals surface area contributed by atoms with Gasteiger partial charge in [-0.1, -0.05) is 12.1 Å². The molecule has 1 amide bonds. The zero-order valence-corrected chi connectivity index (χ0v) is 12.4. The van der Waals surface area contributed by atoms with Crippen LogP contribution in [0.15, 0.2) is 24.3 Å². The molecule has 2 aliphatic heterocycles. The van der Waals surface area contributed by atoms with E-state index < -0.39 is 0 Å². The van der Waals surface area contributed by atoms with Crippen LogP contribution < -0.4 is 5.32 Å². The van der Waals surface area contributed by atoms with Crippen LogP contribution in [0.5, 0.6) is 0 Å². The molecule has 96 valence electrons. The van der Waals surface area contributed by atoms with Gasteiger partial charge in [-0.25, -0.2) is 0 Å². The van der Waals surface area contributed by atoms with Crippen LogP contribution in [0.3, 0.4) is 0 Å². The molecule has 2 unspecified atom stereocenters. The summed E-state index contributed by atoms with van der Waals surface area (Å²) >= 11 is 2.25. The Morgan fingerprint density at radius 2 is 2.00 bits per heavy atom. The Bertz CT molecular complexity index is 449. The fourth-order valence-electron chi connectivity index (χ4n) is 3.09. The van der Waals surface area contributed by atoms with E-state index >= 15 is 0 Å². The summed E-state index contributed by atoms with van der Waals surface area (Å²) in [6.07, 6.45) is 3.40. The summed E-state index contributed by atoms with van der Waals surface area (Å²) in [7, 11) is 0. The molecule has 2 heterocycles. The molecule has 2 bridgehead atoms. The number of carbonyl (C=O) groups excluding carboxylic acids is 1. The first-order valence-corrected chi connectivity index (χ1v) is 7.63. The lowest BCUT2D eigenvalue weighted by molar-refractivity contribution is 0.0679. The van der Waals surface area contributed by atoms with Crippen LogP contribution in [-0.2, 0) is 0 Å². The van der Waals surface area contributed by atoms with Gasteiger partial charge in [0.05, 0.1) is 5.56 Å². The third-order valence-corrected chi connectivity index (χ3v) is 4.93. The van der Waals surface area contributed by atoms with E-state index in [1.807, 2.05) is 24.3 Å². The van der Waals surface area contributed by atoms with Crippen molar-refractivity contribution in [2.24, 2.45) is 0 Å². The van der Waals surface area contributed by atoms with Gasteiger partial charge < -0.3 is 10.2 Å². The highest BCUT2D eigenvalue weighted by atomic mass is 127. The van der Waals surface area contributed by atoms with Gasteiger partial charge in [0.2, 0.25) is 0 Å². The van der Waals surface area contributed by atoms with Crippen molar-refractivity contribution in [3.63, 3.8) is 0 Å². The minimum absolute atomic E-state index is 0.219. The SMILES string of the molecule is O=C(c1ccccc1I)N1C2CCNCC1CC2. The third-order valence-electron chi connectivity index (χ3n) is 3.99. The van der Waals surface area contributed by atoms with E-state index in [0.717, 1.165) is 35.1 Å². The minimum Gasteiger partial charge on any atom is -0.331 e. The fraction of sp³-hybridized carbons (Fsp3) is 0.500. The van der Waals surface area contributed by atoms with E-state index in [1.54, 1.807) is 0 Å². The Kier molecular flexibility index (Phi) is 3.56. The van der Waals surface area contributed by atoms with Crippen LogP contribution >= 0.6 is 22.6 Å². The summed E-state index contributed by atoms with van der Waals surface area (Å²) < 4.78 is 1.05. The lowest BCUT2D eigenvalue weighted by Gasteiger charge is -2.28. The van der Waals surface area contributed by atoms with E-state index in [9.17, 15) is 4.79 Å². The molecule has 0 radical (unpaired) electrons. The van der Waals surface area contributed by atoms with Gasteiger partial charge in [0, 0.05) is 22.2 Å². The van der Waals surface area contributed by atoms with Crippen molar-refractivity contribution in [3.05, 3.63) is 33.4 Å². The molecule has 0 saturated carbocycles. The van der Waals surface area contributed by atoms with E-state index in [0.29, 0.717) is 12.1 Å². The molecular weight excluding hydrogens is 339 g/mol. The lowest BCUT2D eigenvalue weighted by Crippen LogP contribution is -2.42. The first kappa shape index (κ1) is 12.4. The van der Waals surface area contributed by atoms with Crippen molar-refractivity contribution in [1.82, 2.24) is 10.2 Å². The second kappa shape index (κ2) is 5.17. The summed E-state index contributed by atoms with van der Waals surface area (Å²) in [6.45, 7) is 1.99. The normalized spacial score (nSPS) is 27.1. The molecule has 0 spiro atoms. The molecule has 18 heavy (non-hydrogen) atoms. The van der Waals surface area contributed by atoms with Crippen LogP contribution in [0.1, 0.15) is 29.6 Å². The largest absolute Gasteiger partial charge is 0.331 e. The van der Waals surface area contributed by atoms with Crippen molar-refractivity contribution in [2.75, 3.05) is 13.1 Å². The van der Waals surface area contributed by atoms with Crippen LogP contribution in [-0.4, -0.2) is 36.0 Å². The maximum Gasteiger partial charge on any atom is 0.255 e. The summed E-state index contributed by atoms with van der Waals surface area (Å²) in [5.41, 5.74) is 0.858. The summed E-state index contributed by atoms with van der Waals surface area (Å²) in [5, 5.41) is 3.43. The molecule has 2 saturated heterocycles. The number of carbonyl (C=O) groups is 1. The number of hydrogen-bond donors (Lipinski definition) is 1. The molecule has 2 aliphatic rings. The van der Waals surface area contributed by atoms with Gasteiger partial charge in [0.1, 0.15) is 0 Å². The summed E-state index contributed by atoms with van der Waals surface area (Å²) in [5.74, 6) is 0.219. The van der Waals surface area contributed by atoms with E-state index in [2.05, 4.69) is 32.8 Å². The highest BCUT2D eigenvalue weighted by Crippen LogP contribution is 2.30. The highest BCUT2D eigenvalue weighted by molar-refractivity contribution is 14.1. The van der Waals surface area contributed by atoms with Gasteiger partial charge in [0.15, 0.2) is 0 Å². The quantitative estimate of drug-likeness (QED) is 0.783. The summed E-state index contributed by atoms with van der Waals surface area (Å²) in [4.78, 5) is 14.9. The van der Waals surface area contributed by atoms with Crippen molar-refractivity contribution >= 4 is 28.5 Å². The van der Waals surface area contributed by atoms with E-state index in [4.69, 9.17) is 0 Å². The number of hydrogen-bond acceptors (Lipinski definition) is 2. The monoisotopic (exact) mass is 356 g/mol. The van der Waals surface area contributed by atoms with Gasteiger partial charge in [-0.05, 0) is 60.5 Å². The number of nitrogens with one attached hydrogen (secondary N) is 1. The molecule has 3 nitrogen and oxygen atoms in total. The maximum atomic E-state index is 12.7. The molecule has 2 atom stereocenters. The predicted octanol–water partition coefficient (Wildman–Crippen LogP) is 2.26. The Morgan fingerprint density at radius 1 is 1.22 bits per heavy atom. The third kappa shape index (κ3) is 2.16. The topological polar surface area (TPSA) is 32.3 Å². The Labute approximate surface area is 121 Å². The molecule has 4 heteroatoms. The molecule has 2 fully saturated rings. The lowest BCUT2D eigenvalue weighted by atomic mass is 10.1. The number of amides is 1. The minimum atomic E-state index is 0.219. The first-order chi connectivity index (χ1) is 8.77. The van der Waals surface area contributed by atoms with Gasteiger partial charge in [-0.15, -0.1) is 0 Å². The van der Waals surface area contributed by atoms with Crippen LogP contribution in [0.4, 0.5) is 0 Å². The zero-order valence-electron chi connectivity index (χ0n) is 10.2. The van der Waals surface area contributed by atoms with Crippen molar-refractivity contribution in [3.8, 4) is 0 Å². The van der Waals surface area contributed by atoms with Crippen molar-refractivity contribution in [1.29, 1.82) is 0 Å². The van der Waals surface area contributed by atoms with Crippen molar-refractivity contribution < 1.29 is 4.79 Å². The van der Waals surface area contributed by atoms with Gasteiger partial charge in [-0.3, -0.25) is 4.79 Å². The Morgan fingerprint density at radius 3 is 2.83 bits per heavy atom. The number of fused-ring (bicyclic) bond motifs is 2. The number of nitrogens with zero attached hydrogens (tertiary/aromatic N) is 1. The molecule has 0 aromatic heterocycles. The predicted molar refractivity (Wildman–Crippen MR) is 79.6 cm³/mol. The molecule has 1 N–H and O–H groups in total. The maximum absolute atomic E-state index is 12.7. The molecule has 0 aliphatic carbocycles. The average molecular weight is 356 g/mol. The Hall–Kier alpha value is -0.620. The van der Waals surface area contributed by atoms with Crippen LogP contribution in [0, 0.1) is 3.57 Å². The average Bonchev–Trinajstić information content (AvgIpc) is 2.62. The van der Waals surface area contributed by atoms with Gasteiger partial charge >= 0.3 is 0 Å². The van der Waals surface area contributed by atoms with Crippen molar-refractivity contribution in [2.45, 2.75) is 31.3 Å². The first-order valence-electron chi connectivity index (χ1n) is 6.55. The number of rotatable bonds is 1. The second-order valence-electron chi connectivity index (χ2n) is 5.07. The van der Waals surface area contributed by atoms with E-state index in [-0.39, 0.29) is 5.91 Å². The van der Waals surface area contributed by atoms with Gasteiger partial charge in [0.25, 0.3) is 5.91 Å².